The Bertz CT molecular complexity index is 776. The van der Waals surface area contributed by atoms with Crippen molar-refractivity contribution in [2.45, 2.75) is 252 Å². The lowest BCUT2D eigenvalue weighted by Crippen LogP contribution is -2.32. The van der Waals surface area contributed by atoms with E-state index in [1.165, 1.54) is 205 Å². The summed E-state index contributed by atoms with van der Waals surface area (Å²) in [5.41, 5.74) is 0. The lowest BCUT2D eigenvalue weighted by atomic mass is 9.94. The predicted molar refractivity (Wildman–Crippen MR) is 248 cm³/mol. The van der Waals surface area contributed by atoms with Crippen molar-refractivity contribution >= 4 is 11.9 Å². The van der Waals surface area contributed by atoms with Crippen LogP contribution in [0.4, 0.5) is 0 Å². The molecule has 0 amide bonds. The highest BCUT2D eigenvalue weighted by atomic mass is 16.5. The van der Waals surface area contributed by atoms with Crippen LogP contribution in [-0.2, 0) is 19.1 Å². The van der Waals surface area contributed by atoms with Gasteiger partial charge in [-0.3, -0.25) is 9.59 Å². The molecular formula is C51H102N2O4. The third kappa shape index (κ3) is 41.4. The van der Waals surface area contributed by atoms with Gasteiger partial charge in [0.2, 0.25) is 0 Å². The Morgan fingerprint density at radius 3 is 0.930 bits per heavy atom. The van der Waals surface area contributed by atoms with Crippen LogP contribution in [0.15, 0.2) is 0 Å². The summed E-state index contributed by atoms with van der Waals surface area (Å²) in [6, 6.07) is 0. The van der Waals surface area contributed by atoms with Crippen molar-refractivity contribution in [3.8, 4) is 0 Å². The van der Waals surface area contributed by atoms with Crippen molar-refractivity contribution in [1.29, 1.82) is 0 Å². The third-order valence-corrected chi connectivity index (χ3v) is 12.2. The highest BCUT2D eigenvalue weighted by molar-refractivity contribution is 5.70. The van der Waals surface area contributed by atoms with Gasteiger partial charge in [-0.05, 0) is 71.1 Å². The molecule has 0 aliphatic rings. The molecule has 0 aromatic heterocycles. The molecule has 6 heteroatoms. The Hall–Kier alpha value is -1.14. The Kier molecular flexibility index (Phi) is 43.5. The molecule has 0 aliphatic heterocycles. The second-order valence-electron chi connectivity index (χ2n) is 18.2. The lowest BCUT2D eigenvalue weighted by Gasteiger charge is -2.23. The number of ether oxygens (including phenoxy) is 2. The van der Waals surface area contributed by atoms with Gasteiger partial charge >= 0.3 is 11.9 Å². The summed E-state index contributed by atoms with van der Waals surface area (Å²) < 4.78 is 11.9. The average Bonchev–Trinajstić information content (AvgIpc) is 3.20. The topological polar surface area (TPSA) is 59.1 Å². The van der Waals surface area contributed by atoms with Crippen LogP contribution < -0.4 is 0 Å². The van der Waals surface area contributed by atoms with E-state index in [1.807, 2.05) is 0 Å². The number of hydrogen-bond donors (Lipinski definition) is 0. The van der Waals surface area contributed by atoms with Crippen molar-refractivity contribution in [3.63, 3.8) is 0 Å². The van der Waals surface area contributed by atoms with Gasteiger partial charge in [0.05, 0.1) is 26.1 Å². The van der Waals surface area contributed by atoms with E-state index in [9.17, 15) is 9.59 Å². The first-order valence-electron chi connectivity index (χ1n) is 25.5. The molecule has 0 saturated heterocycles. The van der Waals surface area contributed by atoms with E-state index in [0.717, 1.165) is 19.5 Å². The molecule has 0 bridgehead atoms. The summed E-state index contributed by atoms with van der Waals surface area (Å²) >= 11 is 0. The molecule has 0 fully saturated rings. The van der Waals surface area contributed by atoms with Crippen LogP contribution in [0.5, 0.6) is 0 Å². The molecule has 0 saturated carbocycles. The van der Waals surface area contributed by atoms with E-state index >= 15 is 0 Å². The normalized spacial score (nSPS) is 12.8. The lowest BCUT2D eigenvalue weighted by molar-refractivity contribution is -0.145. The molecule has 340 valence electrons. The Balaban J connectivity index is 4.92. The second kappa shape index (κ2) is 44.4. The van der Waals surface area contributed by atoms with E-state index in [0.29, 0.717) is 51.0 Å². The summed E-state index contributed by atoms with van der Waals surface area (Å²) in [4.78, 5) is 30.7. The van der Waals surface area contributed by atoms with Gasteiger partial charge in [-0.2, -0.15) is 0 Å². The third-order valence-electron chi connectivity index (χ3n) is 12.2. The molecule has 0 aliphatic carbocycles. The molecule has 0 radical (unpaired) electrons. The number of nitrogens with zero attached hydrogens (tertiary/aromatic N) is 2. The van der Waals surface area contributed by atoms with Gasteiger partial charge in [-0.1, -0.05) is 207 Å². The molecule has 0 spiro atoms. The number of hydrogen-bond acceptors (Lipinski definition) is 6. The highest BCUT2D eigenvalue weighted by Crippen LogP contribution is 2.22. The van der Waals surface area contributed by atoms with E-state index in [2.05, 4.69) is 51.6 Å². The maximum Gasteiger partial charge on any atom is 0.307 e. The van der Waals surface area contributed by atoms with E-state index in [-0.39, 0.29) is 11.9 Å². The highest BCUT2D eigenvalue weighted by Gasteiger charge is 2.17. The summed E-state index contributed by atoms with van der Waals surface area (Å²) in [6.07, 6.45) is 43.5. The number of carbonyl (C=O) groups excluding carboxylic acids is 2. The minimum absolute atomic E-state index is 0.0856. The smallest absolute Gasteiger partial charge is 0.307 e. The molecule has 0 aromatic carbocycles. The summed E-state index contributed by atoms with van der Waals surface area (Å²) in [5, 5.41) is 0. The molecule has 2 unspecified atom stereocenters. The van der Waals surface area contributed by atoms with Gasteiger partial charge < -0.3 is 19.3 Å². The van der Waals surface area contributed by atoms with Crippen molar-refractivity contribution < 1.29 is 19.1 Å². The molecule has 2 atom stereocenters. The predicted octanol–water partition coefficient (Wildman–Crippen LogP) is 14.9. The van der Waals surface area contributed by atoms with Gasteiger partial charge in [0.15, 0.2) is 0 Å². The maximum atomic E-state index is 13.1. The molecule has 0 aromatic rings. The SMILES string of the molecule is CCCCCCCCCCC(CCCCCCCC)COC(=O)CCN(CCCN(C)C)CCC(=O)OCC(CCCCCCCC)CCCCCCCCCC. The second-order valence-corrected chi connectivity index (χ2v) is 18.2. The zero-order valence-corrected chi connectivity index (χ0v) is 39.7. The summed E-state index contributed by atoms with van der Waals surface area (Å²) in [6.45, 7) is 13.4. The van der Waals surface area contributed by atoms with E-state index in [1.54, 1.807) is 0 Å². The van der Waals surface area contributed by atoms with E-state index < -0.39 is 0 Å². The summed E-state index contributed by atoms with van der Waals surface area (Å²) in [5.74, 6) is 0.785. The Morgan fingerprint density at radius 1 is 0.368 bits per heavy atom. The monoisotopic (exact) mass is 807 g/mol. The molecule has 57 heavy (non-hydrogen) atoms. The standard InChI is InChI=1S/C51H102N2O4/c1-7-11-15-19-23-25-29-33-38-48(36-31-27-21-17-13-9-3)46-56-50(54)40-44-53(43-35-42-52(5)6)45-41-51(55)57-47-49(37-32-28-22-18-14-10-4)39-34-30-26-24-20-16-12-8-2/h48-49H,7-47H2,1-6H3. The van der Waals surface area contributed by atoms with Gasteiger partial charge in [0, 0.05) is 13.1 Å². The number of esters is 2. The fourth-order valence-corrected chi connectivity index (χ4v) is 8.19. The van der Waals surface area contributed by atoms with E-state index in [4.69, 9.17) is 9.47 Å². The number of unbranched alkanes of at least 4 members (excludes halogenated alkanes) is 24. The molecule has 0 heterocycles. The largest absolute Gasteiger partial charge is 0.465 e. The average molecular weight is 807 g/mol. The van der Waals surface area contributed by atoms with Crippen LogP contribution in [0.3, 0.4) is 0 Å². The van der Waals surface area contributed by atoms with Gasteiger partial charge in [0.1, 0.15) is 0 Å². The first-order valence-corrected chi connectivity index (χ1v) is 25.5. The van der Waals surface area contributed by atoms with Crippen molar-refractivity contribution in [1.82, 2.24) is 9.80 Å². The first-order chi connectivity index (χ1) is 27.9. The fraction of sp³-hybridized carbons (Fsp3) is 0.961. The van der Waals surface area contributed by atoms with Gasteiger partial charge in [0.25, 0.3) is 0 Å². The Labute approximate surface area is 357 Å². The number of rotatable bonds is 46. The van der Waals surface area contributed by atoms with Crippen LogP contribution in [0, 0.1) is 11.8 Å². The molecule has 0 rings (SSSR count). The summed E-state index contributed by atoms with van der Waals surface area (Å²) in [7, 11) is 4.20. The van der Waals surface area contributed by atoms with Crippen molar-refractivity contribution in [3.05, 3.63) is 0 Å². The van der Waals surface area contributed by atoms with Gasteiger partial charge in [-0.25, -0.2) is 0 Å². The molecular weight excluding hydrogens is 705 g/mol. The quantitative estimate of drug-likeness (QED) is 0.0451. The van der Waals surface area contributed by atoms with Crippen molar-refractivity contribution in [2.24, 2.45) is 11.8 Å². The zero-order chi connectivity index (χ0) is 41.9. The Morgan fingerprint density at radius 2 is 0.649 bits per heavy atom. The fourth-order valence-electron chi connectivity index (χ4n) is 8.19. The van der Waals surface area contributed by atoms with Gasteiger partial charge in [-0.15, -0.1) is 0 Å². The number of carbonyl (C=O) groups is 2. The first kappa shape index (κ1) is 55.9. The molecule has 6 nitrogen and oxygen atoms in total. The van der Waals surface area contributed by atoms with Crippen molar-refractivity contribution in [2.75, 3.05) is 53.5 Å². The van der Waals surface area contributed by atoms with Crippen LogP contribution in [0.25, 0.3) is 0 Å². The minimum atomic E-state index is -0.0856. The van der Waals surface area contributed by atoms with Crippen LogP contribution in [-0.4, -0.2) is 75.2 Å². The van der Waals surface area contributed by atoms with Crippen LogP contribution in [0.2, 0.25) is 0 Å². The zero-order valence-electron chi connectivity index (χ0n) is 39.7. The minimum Gasteiger partial charge on any atom is -0.465 e. The van der Waals surface area contributed by atoms with Crippen LogP contribution >= 0.6 is 0 Å². The molecule has 0 N–H and O–H groups in total. The maximum absolute atomic E-state index is 13.1. The van der Waals surface area contributed by atoms with Crippen LogP contribution in [0.1, 0.15) is 252 Å².